The van der Waals surface area contributed by atoms with E-state index in [0.717, 1.165) is 10.1 Å². The Balaban J connectivity index is 2.99. The van der Waals surface area contributed by atoms with E-state index in [1.165, 1.54) is 25.7 Å². The van der Waals surface area contributed by atoms with Gasteiger partial charge in [0.05, 0.1) is 8.80 Å². The van der Waals surface area contributed by atoms with E-state index in [4.69, 9.17) is 0 Å². The fourth-order valence-electron chi connectivity index (χ4n) is 4.37. The molecule has 1 saturated heterocycles. The first kappa shape index (κ1) is 13.3. The summed E-state index contributed by atoms with van der Waals surface area (Å²) < 4.78 is 0. The fraction of sp³-hybridized carbons (Fsp3) is 1.00. The van der Waals surface area contributed by atoms with Crippen molar-refractivity contribution in [1.82, 2.24) is 0 Å². The summed E-state index contributed by atoms with van der Waals surface area (Å²) >= 11 is 0. The predicted molar refractivity (Wildman–Crippen MR) is 73.4 cm³/mol. The molecular formula is C14H30Si. The molecule has 1 aliphatic rings. The van der Waals surface area contributed by atoms with Crippen molar-refractivity contribution in [3.63, 3.8) is 0 Å². The summed E-state index contributed by atoms with van der Waals surface area (Å²) in [5.41, 5.74) is 0. The van der Waals surface area contributed by atoms with Crippen LogP contribution in [0.5, 0.6) is 0 Å². The molecule has 0 saturated carbocycles. The van der Waals surface area contributed by atoms with Crippen molar-refractivity contribution >= 4 is 8.80 Å². The zero-order valence-corrected chi connectivity index (χ0v) is 13.1. The van der Waals surface area contributed by atoms with Gasteiger partial charge in [-0.1, -0.05) is 74.1 Å². The molecular weight excluding hydrogens is 196 g/mol. The first-order valence-corrected chi connectivity index (χ1v) is 8.59. The first-order chi connectivity index (χ1) is 6.86. The lowest BCUT2D eigenvalue weighted by atomic mass is 9.92. The van der Waals surface area contributed by atoms with Crippen LogP contribution in [0.15, 0.2) is 0 Å². The predicted octanol–water partition coefficient (Wildman–Crippen LogP) is 5.15. The summed E-state index contributed by atoms with van der Waals surface area (Å²) in [5, 5.41) is 2.18. The van der Waals surface area contributed by atoms with E-state index >= 15 is 0 Å². The van der Waals surface area contributed by atoms with E-state index in [-0.39, 0.29) is 0 Å². The van der Waals surface area contributed by atoms with Gasteiger partial charge in [0.2, 0.25) is 0 Å². The average Bonchev–Trinajstić information content (AvgIpc) is 2.77. The topological polar surface area (TPSA) is 0 Å². The number of hydrogen-bond donors (Lipinski definition) is 0. The van der Waals surface area contributed by atoms with Crippen LogP contribution >= 0.6 is 0 Å². The minimum absolute atomic E-state index is 0.610. The molecule has 2 atom stereocenters. The maximum absolute atomic E-state index is 2.58. The SMILES string of the molecule is CCC(C)(CC)[SiH]1C(C)(CC)C1(C)CC. The Morgan fingerprint density at radius 1 is 0.867 bits per heavy atom. The lowest BCUT2D eigenvalue weighted by molar-refractivity contribution is 0.517. The second kappa shape index (κ2) is 3.91. The molecule has 1 rings (SSSR count). The Kier molecular flexibility index (Phi) is 3.46. The molecule has 0 aromatic carbocycles. The van der Waals surface area contributed by atoms with Gasteiger partial charge in [0, 0.05) is 0 Å². The van der Waals surface area contributed by atoms with E-state index in [1.54, 1.807) is 0 Å². The van der Waals surface area contributed by atoms with Crippen LogP contribution < -0.4 is 0 Å². The quantitative estimate of drug-likeness (QED) is 0.569. The Morgan fingerprint density at radius 2 is 1.20 bits per heavy atom. The van der Waals surface area contributed by atoms with Gasteiger partial charge in [-0.05, 0) is 15.1 Å². The zero-order valence-electron chi connectivity index (χ0n) is 11.9. The molecule has 2 unspecified atom stereocenters. The third kappa shape index (κ3) is 1.53. The molecule has 0 aromatic rings. The second-order valence-electron chi connectivity index (χ2n) is 6.34. The smallest absolute Gasteiger partial charge is 0.0552 e. The molecule has 0 aliphatic carbocycles. The minimum atomic E-state index is -0.610. The third-order valence-corrected chi connectivity index (χ3v) is 12.8. The van der Waals surface area contributed by atoms with Gasteiger partial charge in [-0.3, -0.25) is 0 Å². The van der Waals surface area contributed by atoms with Crippen LogP contribution in [0.1, 0.15) is 74.1 Å². The molecule has 0 N–H and O–H groups in total. The Labute approximate surface area is 98.5 Å². The van der Waals surface area contributed by atoms with Crippen molar-refractivity contribution in [3.05, 3.63) is 0 Å². The standard InChI is InChI=1S/C14H30Si/c1-8-12(5,9-2)15-13(6,10-3)14(15,7)11-4/h15H,8-11H2,1-7H3. The molecule has 0 spiro atoms. The van der Waals surface area contributed by atoms with Gasteiger partial charge in [0.1, 0.15) is 0 Å². The van der Waals surface area contributed by atoms with Crippen molar-refractivity contribution in [2.24, 2.45) is 0 Å². The van der Waals surface area contributed by atoms with Gasteiger partial charge in [-0.25, -0.2) is 0 Å². The lowest BCUT2D eigenvalue weighted by Gasteiger charge is -2.29. The van der Waals surface area contributed by atoms with Crippen molar-refractivity contribution in [1.29, 1.82) is 0 Å². The van der Waals surface area contributed by atoms with Crippen molar-refractivity contribution in [3.8, 4) is 0 Å². The molecule has 0 nitrogen and oxygen atoms in total. The maximum atomic E-state index is 2.58. The summed E-state index contributed by atoms with van der Waals surface area (Å²) in [6.07, 6.45) is 5.60. The van der Waals surface area contributed by atoms with Crippen LogP contribution in [0.4, 0.5) is 0 Å². The highest BCUT2D eigenvalue weighted by atomic mass is 28.3. The summed E-state index contributed by atoms with van der Waals surface area (Å²) in [4.78, 5) is 0. The summed E-state index contributed by atoms with van der Waals surface area (Å²) in [6.45, 7) is 17.4. The highest BCUT2D eigenvalue weighted by Crippen LogP contribution is 2.83. The molecule has 0 bridgehead atoms. The molecule has 0 aromatic heterocycles. The van der Waals surface area contributed by atoms with Crippen molar-refractivity contribution in [2.45, 2.75) is 89.3 Å². The second-order valence-corrected chi connectivity index (χ2v) is 11.1. The molecule has 1 aliphatic heterocycles. The molecule has 0 radical (unpaired) electrons. The van der Waals surface area contributed by atoms with Crippen LogP contribution in [0.2, 0.25) is 15.1 Å². The van der Waals surface area contributed by atoms with Gasteiger partial charge >= 0.3 is 0 Å². The molecule has 1 heteroatoms. The Hall–Kier alpha value is 0.217. The van der Waals surface area contributed by atoms with Crippen molar-refractivity contribution in [2.75, 3.05) is 0 Å². The van der Waals surface area contributed by atoms with E-state index in [1.807, 2.05) is 0 Å². The summed E-state index contributed by atoms with van der Waals surface area (Å²) in [6, 6.07) is 0. The van der Waals surface area contributed by atoms with Gasteiger partial charge in [0.15, 0.2) is 0 Å². The van der Waals surface area contributed by atoms with Crippen molar-refractivity contribution < 1.29 is 0 Å². The first-order valence-electron chi connectivity index (χ1n) is 6.86. The number of hydrogen-bond acceptors (Lipinski definition) is 0. The van der Waals surface area contributed by atoms with Gasteiger partial charge in [-0.15, -0.1) is 0 Å². The van der Waals surface area contributed by atoms with E-state index in [0.29, 0.717) is 5.04 Å². The Bertz CT molecular complexity index is 198. The highest BCUT2D eigenvalue weighted by Gasteiger charge is 2.73. The lowest BCUT2D eigenvalue weighted by Crippen LogP contribution is -2.21. The van der Waals surface area contributed by atoms with E-state index in [2.05, 4.69) is 48.5 Å². The van der Waals surface area contributed by atoms with Gasteiger partial charge in [-0.2, -0.15) is 0 Å². The van der Waals surface area contributed by atoms with Crippen LogP contribution in [-0.4, -0.2) is 8.80 Å². The summed E-state index contributed by atoms with van der Waals surface area (Å²) in [5.74, 6) is 0. The molecule has 90 valence electrons. The minimum Gasteiger partial charge on any atom is -0.0651 e. The monoisotopic (exact) mass is 226 g/mol. The summed E-state index contributed by atoms with van der Waals surface area (Å²) in [7, 11) is -0.610. The zero-order chi connectivity index (χ0) is 11.9. The van der Waals surface area contributed by atoms with E-state index < -0.39 is 8.80 Å². The van der Waals surface area contributed by atoms with Gasteiger partial charge < -0.3 is 0 Å². The normalized spacial score (nSPS) is 40.6. The maximum Gasteiger partial charge on any atom is 0.0552 e. The Morgan fingerprint density at radius 3 is 1.40 bits per heavy atom. The highest BCUT2D eigenvalue weighted by molar-refractivity contribution is 6.81. The van der Waals surface area contributed by atoms with Crippen LogP contribution in [0, 0.1) is 0 Å². The van der Waals surface area contributed by atoms with E-state index in [9.17, 15) is 0 Å². The van der Waals surface area contributed by atoms with Crippen LogP contribution in [0.3, 0.4) is 0 Å². The van der Waals surface area contributed by atoms with Crippen LogP contribution in [0.25, 0.3) is 0 Å². The molecule has 0 amide bonds. The average molecular weight is 226 g/mol. The number of rotatable bonds is 5. The van der Waals surface area contributed by atoms with Crippen LogP contribution in [-0.2, 0) is 0 Å². The fourth-order valence-corrected chi connectivity index (χ4v) is 11.6. The largest absolute Gasteiger partial charge is 0.0651 e. The third-order valence-electron chi connectivity index (χ3n) is 6.28. The molecule has 1 heterocycles. The van der Waals surface area contributed by atoms with Gasteiger partial charge in [0.25, 0.3) is 0 Å². The molecule has 15 heavy (non-hydrogen) atoms. The molecule has 1 fully saturated rings.